The van der Waals surface area contributed by atoms with E-state index in [1.165, 1.54) is 11.1 Å². The molecule has 0 radical (unpaired) electrons. The summed E-state index contributed by atoms with van der Waals surface area (Å²) in [7, 11) is 3.99. The summed E-state index contributed by atoms with van der Waals surface area (Å²) in [5.41, 5.74) is 6.57. The van der Waals surface area contributed by atoms with E-state index in [4.69, 9.17) is 11.6 Å². The van der Waals surface area contributed by atoms with E-state index in [1.807, 2.05) is 31.6 Å². The highest BCUT2D eigenvalue weighted by Crippen LogP contribution is 2.51. The Morgan fingerprint density at radius 2 is 1.97 bits per heavy atom. The number of carbonyl (C=O) groups excluding carboxylic acids is 1. The summed E-state index contributed by atoms with van der Waals surface area (Å²) in [4.78, 5) is 25.1. The van der Waals surface area contributed by atoms with Crippen LogP contribution in [0.5, 0.6) is 0 Å². The van der Waals surface area contributed by atoms with E-state index >= 15 is 0 Å². The molecule has 2 aliphatic rings. The number of carbonyl (C=O) groups is 1. The third kappa shape index (κ3) is 3.62. The molecule has 2 aromatic heterocycles. The lowest BCUT2D eigenvalue weighted by Gasteiger charge is -2.29. The van der Waals surface area contributed by atoms with Crippen LogP contribution in [0.4, 0.5) is 5.69 Å². The topological polar surface area (TPSA) is 49.3 Å². The number of anilines is 1. The number of halogens is 1. The number of aromatic nitrogens is 2. The summed E-state index contributed by atoms with van der Waals surface area (Å²) < 4.78 is 0. The summed E-state index contributed by atoms with van der Waals surface area (Å²) >= 11 is 6.34. The normalized spacial score (nSPS) is 17.0. The van der Waals surface area contributed by atoms with Gasteiger partial charge in [0.05, 0.1) is 10.7 Å². The van der Waals surface area contributed by atoms with Gasteiger partial charge < -0.3 is 4.90 Å². The molecule has 5 rings (SSSR count). The van der Waals surface area contributed by atoms with Gasteiger partial charge in [0.2, 0.25) is 5.91 Å². The largest absolute Gasteiger partial charge is 0.315 e. The Morgan fingerprint density at radius 3 is 2.74 bits per heavy atom. The molecular formula is C25H25ClN4O. The first-order valence-corrected chi connectivity index (χ1v) is 11.0. The number of hydrogen-bond acceptors (Lipinski definition) is 4. The first-order chi connectivity index (χ1) is 15.0. The average molecular weight is 433 g/mol. The predicted molar refractivity (Wildman–Crippen MR) is 123 cm³/mol. The van der Waals surface area contributed by atoms with Gasteiger partial charge in [-0.2, -0.15) is 0 Å². The van der Waals surface area contributed by atoms with Crippen LogP contribution in [-0.2, 0) is 23.3 Å². The van der Waals surface area contributed by atoms with Gasteiger partial charge in [-0.05, 0) is 73.3 Å². The van der Waals surface area contributed by atoms with Crippen LogP contribution < -0.4 is 4.90 Å². The van der Waals surface area contributed by atoms with Crippen LogP contribution in [0.3, 0.4) is 0 Å². The molecule has 0 saturated heterocycles. The zero-order valence-electron chi connectivity index (χ0n) is 17.8. The van der Waals surface area contributed by atoms with Gasteiger partial charge in [-0.3, -0.25) is 19.7 Å². The van der Waals surface area contributed by atoms with E-state index in [1.54, 1.807) is 11.1 Å². The Kier molecular flexibility index (Phi) is 5.03. The maximum absolute atomic E-state index is 12.0. The summed E-state index contributed by atoms with van der Waals surface area (Å²) in [6, 6.07) is 12.4. The van der Waals surface area contributed by atoms with Crippen molar-refractivity contribution in [3.8, 4) is 11.1 Å². The number of rotatable bonds is 5. The number of benzene rings is 1. The lowest BCUT2D eigenvalue weighted by Crippen LogP contribution is -2.31. The van der Waals surface area contributed by atoms with Crippen molar-refractivity contribution in [2.45, 2.75) is 37.8 Å². The third-order valence-corrected chi connectivity index (χ3v) is 7.05. The van der Waals surface area contributed by atoms with Crippen molar-refractivity contribution in [3.05, 3.63) is 76.8 Å². The maximum atomic E-state index is 12.0. The molecule has 1 fully saturated rings. The van der Waals surface area contributed by atoms with Crippen LogP contribution in [0.25, 0.3) is 11.1 Å². The van der Waals surface area contributed by atoms with E-state index in [0.717, 1.165) is 41.8 Å². The van der Waals surface area contributed by atoms with Gasteiger partial charge in [-0.1, -0.05) is 17.7 Å². The molecule has 1 aliphatic carbocycles. The SMILES string of the molecule is CN1C(=O)CCc2cc(-c3cncc(C4(N(C)Cc5ncccc5Cl)CC4)c3)ccc21. The molecule has 1 aliphatic heterocycles. The van der Waals surface area contributed by atoms with Crippen LogP contribution in [0.2, 0.25) is 5.02 Å². The van der Waals surface area contributed by atoms with Gasteiger partial charge in [0.1, 0.15) is 0 Å². The Hall–Kier alpha value is -2.76. The lowest BCUT2D eigenvalue weighted by atomic mass is 9.95. The molecule has 1 aromatic carbocycles. The quantitative estimate of drug-likeness (QED) is 0.579. The van der Waals surface area contributed by atoms with Crippen molar-refractivity contribution in [1.82, 2.24) is 14.9 Å². The molecule has 0 N–H and O–H groups in total. The van der Waals surface area contributed by atoms with Crippen molar-refractivity contribution in [3.63, 3.8) is 0 Å². The first kappa shape index (κ1) is 20.2. The number of nitrogens with zero attached hydrogens (tertiary/aromatic N) is 4. The smallest absolute Gasteiger partial charge is 0.227 e. The Morgan fingerprint density at radius 1 is 1.13 bits per heavy atom. The van der Waals surface area contributed by atoms with Gasteiger partial charge in [0.15, 0.2) is 0 Å². The second kappa shape index (κ2) is 7.74. The zero-order chi connectivity index (χ0) is 21.6. The van der Waals surface area contributed by atoms with Crippen molar-refractivity contribution in [2.75, 3.05) is 19.0 Å². The van der Waals surface area contributed by atoms with Crippen molar-refractivity contribution >= 4 is 23.2 Å². The monoisotopic (exact) mass is 432 g/mol. The van der Waals surface area contributed by atoms with Crippen molar-refractivity contribution in [2.24, 2.45) is 0 Å². The second-order valence-electron chi connectivity index (χ2n) is 8.58. The van der Waals surface area contributed by atoms with Crippen LogP contribution in [0, 0.1) is 0 Å². The van der Waals surface area contributed by atoms with Gasteiger partial charge in [0.25, 0.3) is 0 Å². The molecule has 0 atom stereocenters. The first-order valence-electron chi connectivity index (χ1n) is 10.6. The summed E-state index contributed by atoms with van der Waals surface area (Å²) in [5, 5.41) is 0.703. The average Bonchev–Trinajstić information content (AvgIpc) is 3.60. The highest BCUT2D eigenvalue weighted by atomic mass is 35.5. The molecule has 1 saturated carbocycles. The van der Waals surface area contributed by atoms with Gasteiger partial charge in [0, 0.05) is 55.4 Å². The fourth-order valence-electron chi connectivity index (χ4n) is 4.61. The molecular weight excluding hydrogens is 408 g/mol. The summed E-state index contributed by atoms with van der Waals surface area (Å²) in [6.07, 6.45) is 9.24. The summed E-state index contributed by atoms with van der Waals surface area (Å²) in [6.45, 7) is 0.698. The fraction of sp³-hybridized carbons (Fsp3) is 0.320. The van der Waals surface area contributed by atoms with Gasteiger partial charge in [-0.15, -0.1) is 0 Å². The van der Waals surface area contributed by atoms with E-state index in [-0.39, 0.29) is 11.4 Å². The molecule has 0 unspecified atom stereocenters. The number of fused-ring (bicyclic) bond motifs is 1. The molecule has 1 amide bonds. The van der Waals surface area contributed by atoms with Crippen LogP contribution >= 0.6 is 11.6 Å². The molecule has 0 bridgehead atoms. The Labute approximate surface area is 187 Å². The molecule has 31 heavy (non-hydrogen) atoms. The Balaban J connectivity index is 1.43. The summed E-state index contributed by atoms with van der Waals surface area (Å²) in [5.74, 6) is 0.177. The number of hydrogen-bond donors (Lipinski definition) is 0. The Bertz CT molecular complexity index is 1160. The third-order valence-electron chi connectivity index (χ3n) is 6.71. The molecule has 6 heteroatoms. The minimum absolute atomic E-state index is 0.0231. The van der Waals surface area contributed by atoms with E-state index in [9.17, 15) is 4.79 Å². The lowest BCUT2D eigenvalue weighted by molar-refractivity contribution is -0.118. The molecule has 0 spiro atoms. The van der Waals surface area contributed by atoms with Crippen LogP contribution in [0.15, 0.2) is 55.0 Å². The van der Waals surface area contributed by atoms with E-state index < -0.39 is 0 Å². The highest BCUT2D eigenvalue weighted by molar-refractivity contribution is 6.31. The molecule has 3 aromatic rings. The molecule has 3 heterocycles. The van der Waals surface area contributed by atoms with Crippen LogP contribution in [0.1, 0.15) is 36.1 Å². The fourth-order valence-corrected chi connectivity index (χ4v) is 4.79. The van der Waals surface area contributed by atoms with E-state index in [2.05, 4.69) is 46.2 Å². The zero-order valence-corrected chi connectivity index (χ0v) is 18.6. The van der Waals surface area contributed by atoms with Crippen molar-refractivity contribution in [1.29, 1.82) is 0 Å². The number of aryl methyl sites for hydroxylation is 1. The highest BCUT2D eigenvalue weighted by Gasteiger charge is 2.48. The number of amides is 1. The van der Waals surface area contributed by atoms with Gasteiger partial charge in [-0.25, -0.2) is 0 Å². The van der Waals surface area contributed by atoms with Crippen molar-refractivity contribution < 1.29 is 4.79 Å². The van der Waals surface area contributed by atoms with Crippen LogP contribution in [-0.4, -0.2) is 34.9 Å². The number of pyridine rings is 2. The molecule has 158 valence electrons. The maximum Gasteiger partial charge on any atom is 0.227 e. The predicted octanol–water partition coefficient (Wildman–Crippen LogP) is 4.83. The molecule has 5 nitrogen and oxygen atoms in total. The minimum Gasteiger partial charge on any atom is -0.315 e. The van der Waals surface area contributed by atoms with E-state index in [0.29, 0.717) is 18.0 Å². The standard InChI is InChI=1S/C25H25ClN4O/c1-29(16-22-21(26)4-3-11-28-22)25(9-10-25)20-13-19(14-27-15-20)17-5-7-23-18(12-17)6-8-24(31)30(23)2/h3-5,7,11-15H,6,8-10,16H2,1-2H3. The minimum atomic E-state index is -0.0231. The van der Waals surface area contributed by atoms with Gasteiger partial charge >= 0.3 is 0 Å². The second-order valence-corrected chi connectivity index (χ2v) is 8.99.